The van der Waals surface area contributed by atoms with Gasteiger partial charge in [-0.15, -0.1) is 0 Å². The van der Waals surface area contributed by atoms with Gasteiger partial charge in [0.1, 0.15) is 24.9 Å². The molecule has 0 saturated carbocycles. The maximum absolute atomic E-state index is 12.7. The molecule has 6 unspecified atom stereocenters. The fraction of sp³-hybridized carbons (Fsp3) is 0.732. The Balaban J connectivity index is 2.47. The van der Waals surface area contributed by atoms with E-state index in [-0.39, 0.29) is 19.4 Å². The first-order valence-electron chi connectivity index (χ1n) is 19.7. The Morgan fingerprint density at radius 2 is 1.13 bits per heavy atom. The second-order valence-corrected chi connectivity index (χ2v) is 13.4. The summed E-state index contributed by atoms with van der Waals surface area (Å²) in [4.78, 5) is 36.6. The van der Waals surface area contributed by atoms with Crippen molar-refractivity contribution in [1.82, 2.24) is 0 Å². The number of esters is 2. The molecule has 0 aromatic carbocycles. The van der Waals surface area contributed by atoms with E-state index in [0.717, 1.165) is 57.8 Å². The zero-order valence-electron chi connectivity index (χ0n) is 31.8. The fourth-order valence-corrected chi connectivity index (χ4v) is 5.57. The first-order valence-corrected chi connectivity index (χ1v) is 19.7. The zero-order chi connectivity index (χ0) is 38.2. The fourth-order valence-electron chi connectivity index (χ4n) is 5.57. The lowest BCUT2D eigenvalue weighted by Crippen LogP contribution is -2.60. The molecule has 11 nitrogen and oxygen atoms in total. The van der Waals surface area contributed by atoms with Gasteiger partial charge in [0.2, 0.25) is 0 Å². The molecule has 0 radical (unpaired) electrons. The number of ether oxygens (including phenoxy) is 4. The van der Waals surface area contributed by atoms with Crippen molar-refractivity contribution >= 4 is 17.9 Å². The normalized spacial score (nSPS) is 21.4. The van der Waals surface area contributed by atoms with E-state index in [9.17, 15) is 34.8 Å². The molecule has 0 spiro atoms. The number of aliphatic hydroxyl groups excluding tert-OH is 3. The number of carbonyl (C=O) groups excluding carboxylic acids is 2. The number of unbranched alkanes of at least 4 members (excludes halogenated alkanes) is 12. The Kier molecular flexibility index (Phi) is 28.7. The lowest BCUT2D eigenvalue weighted by atomic mass is 9.99. The number of carboxylic acid groups (broad SMARTS) is 1. The van der Waals surface area contributed by atoms with Gasteiger partial charge in [0.15, 0.2) is 18.5 Å². The summed E-state index contributed by atoms with van der Waals surface area (Å²) in [6.45, 7) is 3.62. The summed E-state index contributed by atoms with van der Waals surface area (Å²) in [6, 6.07) is 0. The van der Waals surface area contributed by atoms with Gasteiger partial charge in [0.25, 0.3) is 0 Å². The molecule has 4 N–H and O–H groups in total. The van der Waals surface area contributed by atoms with Gasteiger partial charge in [0.05, 0.1) is 6.61 Å². The van der Waals surface area contributed by atoms with Gasteiger partial charge in [0, 0.05) is 12.8 Å². The van der Waals surface area contributed by atoms with Gasteiger partial charge in [-0.25, -0.2) is 4.79 Å². The van der Waals surface area contributed by atoms with Crippen LogP contribution in [-0.2, 0) is 33.3 Å². The number of allylic oxidation sites excluding steroid dienone is 8. The smallest absolute Gasteiger partial charge is 0.335 e. The summed E-state index contributed by atoms with van der Waals surface area (Å²) in [6.07, 6.45) is 26.1. The molecule has 1 aliphatic rings. The molecule has 1 aliphatic heterocycles. The Morgan fingerprint density at radius 1 is 0.615 bits per heavy atom. The van der Waals surface area contributed by atoms with Crippen molar-refractivity contribution in [2.24, 2.45) is 0 Å². The summed E-state index contributed by atoms with van der Waals surface area (Å²) >= 11 is 0. The molecule has 0 aromatic rings. The third-order valence-corrected chi connectivity index (χ3v) is 8.69. The van der Waals surface area contributed by atoms with E-state index in [2.05, 4.69) is 62.5 Å². The summed E-state index contributed by atoms with van der Waals surface area (Å²) in [5, 5.41) is 39.6. The minimum Gasteiger partial charge on any atom is -0.479 e. The van der Waals surface area contributed by atoms with Crippen LogP contribution in [0.15, 0.2) is 48.6 Å². The van der Waals surface area contributed by atoms with Crippen LogP contribution in [0.1, 0.15) is 142 Å². The molecule has 52 heavy (non-hydrogen) atoms. The van der Waals surface area contributed by atoms with E-state index in [1.807, 2.05) is 0 Å². The van der Waals surface area contributed by atoms with Crippen LogP contribution in [0.25, 0.3) is 0 Å². The molecule has 0 amide bonds. The first kappa shape index (κ1) is 47.2. The minimum absolute atomic E-state index is 0.174. The second-order valence-electron chi connectivity index (χ2n) is 13.4. The average molecular weight is 737 g/mol. The van der Waals surface area contributed by atoms with Gasteiger partial charge in [-0.2, -0.15) is 0 Å². The van der Waals surface area contributed by atoms with Crippen molar-refractivity contribution in [1.29, 1.82) is 0 Å². The standard InChI is InChI=1S/C41H68O11/c1-3-5-7-9-11-13-15-16-17-18-20-21-23-25-27-29-34(42)49-31-33(32-50-41-38(46)36(44)37(45)39(52-41)40(47)48)51-35(43)30-28-26-24-22-19-14-12-10-8-6-4-2/h5,7,11,13,16-17,20-21,33,36-39,41,44-46H,3-4,6,8-10,12,14-15,18-19,22-32H2,1-2H3,(H,47,48)/b7-5-,13-11-,17-16-,21-20-. The van der Waals surface area contributed by atoms with E-state index >= 15 is 0 Å². The zero-order valence-corrected chi connectivity index (χ0v) is 31.8. The van der Waals surface area contributed by atoms with E-state index in [1.165, 1.54) is 44.9 Å². The second kappa shape index (κ2) is 31.7. The maximum Gasteiger partial charge on any atom is 0.335 e. The van der Waals surface area contributed by atoms with Crippen LogP contribution in [0.3, 0.4) is 0 Å². The Hall–Kier alpha value is -2.83. The SMILES string of the molecule is CC/C=C\C/C=C\C/C=C\C/C=C\CCCCC(=O)OCC(COC1OC(C(=O)O)C(O)C(O)C1O)OC(=O)CCCCCCCCCCCCC. The van der Waals surface area contributed by atoms with Crippen LogP contribution in [0, 0.1) is 0 Å². The summed E-state index contributed by atoms with van der Waals surface area (Å²) < 4.78 is 21.6. The van der Waals surface area contributed by atoms with Crippen LogP contribution >= 0.6 is 0 Å². The first-order chi connectivity index (χ1) is 25.2. The van der Waals surface area contributed by atoms with Gasteiger partial charge in [-0.1, -0.05) is 127 Å². The molecule has 0 bridgehead atoms. The lowest BCUT2D eigenvalue weighted by Gasteiger charge is -2.38. The van der Waals surface area contributed by atoms with Gasteiger partial charge < -0.3 is 39.4 Å². The van der Waals surface area contributed by atoms with Crippen molar-refractivity contribution in [2.75, 3.05) is 13.2 Å². The number of aliphatic carboxylic acids is 1. The van der Waals surface area contributed by atoms with E-state index in [0.29, 0.717) is 12.8 Å². The summed E-state index contributed by atoms with van der Waals surface area (Å²) in [5.41, 5.74) is 0. The number of hydrogen-bond donors (Lipinski definition) is 4. The van der Waals surface area contributed by atoms with Crippen LogP contribution in [0.5, 0.6) is 0 Å². The Labute approximate surface area is 312 Å². The molecule has 1 heterocycles. The van der Waals surface area contributed by atoms with Crippen LogP contribution in [-0.4, -0.2) is 88.4 Å². The Morgan fingerprint density at radius 3 is 1.71 bits per heavy atom. The molecule has 298 valence electrons. The monoisotopic (exact) mass is 736 g/mol. The maximum atomic E-state index is 12.7. The van der Waals surface area contributed by atoms with Gasteiger partial charge in [-0.05, 0) is 51.4 Å². The molecular formula is C41H68O11. The quantitative estimate of drug-likeness (QED) is 0.0318. The molecule has 1 rings (SSSR count). The van der Waals surface area contributed by atoms with Crippen LogP contribution in [0.4, 0.5) is 0 Å². The highest BCUT2D eigenvalue weighted by atomic mass is 16.7. The molecule has 11 heteroatoms. The van der Waals surface area contributed by atoms with Crippen molar-refractivity contribution in [3.8, 4) is 0 Å². The topological polar surface area (TPSA) is 169 Å². The highest BCUT2D eigenvalue weighted by Crippen LogP contribution is 2.23. The molecule has 0 aliphatic carbocycles. The molecule has 0 aromatic heterocycles. The van der Waals surface area contributed by atoms with E-state index in [4.69, 9.17) is 18.9 Å². The summed E-state index contributed by atoms with van der Waals surface area (Å²) in [5.74, 6) is -2.50. The highest BCUT2D eigenvalue weighted by molar-refractivity contribution is 5.73. The average Bonchev–Trinajstić information content (AvgIpc) is 3.12. The number of rotatable bonds is 31. The largest absolute Gasteiger partial charge is 0.479 e. The summed E-state index contributed by atoms with van der Waals surface area (Å²) in [7, 11) is 0. The van der Waals surface area contributed by atoms with Crippen molar-refractivity contribution < 1.29 is 53.8 Å². The third kappa shape index (κ3) is 23.7. The predicted octanol–water partition coefficient (Wildman–Crippen LogP) is 7.42. The van der Waals surface area contributed by atoms with Crippen molar-refractivity contribution in [3.63, 3.8) is 0 Å². The van der Waals surface area contributed by atoms with Crippen LogP contribution in [0.2, 0.25) is 0 Å². The molecule has 1 saturated heterocycles. The van der Waals surface area contributed by atoms with Crippen LogP contribution < -0.4 is 0 Å². The predicted molar refractivity (Wildman–Crippen MR) is 201 cm³/mol. The highest BCUT2D eigenvalue weighted by Gasteiger charge is 2.47. The number of aliphatic hydroxyl groups is 3. The third-order valence-electron chi connectivity index (χ3n) is 8.69. The molecule has 1 fully saturated rings. The minimum atomic E-state index is -1.87. The van der Waals surface area contributed by atoms with Gasteiger partial charge >= 0.3 is 17.9 Å². The number of carbonyl (C=O) groups is 3. The van der Waals surface area contributed by atoms with Gasteiger partial charge in [-0.3, -0.25) is 9.59 Å². The number of carboxylic acids is 1. The van der Waals surface area contributed by atoms with E-state index < -0.39 is 61.3 Å². The number of hydrogen-bond acceptors (Lipinski definition) is 10. The molecule has 6 atom stereocenters. The van der Waals surface area contributed by atoms with E-state index in [1.54, 1.807) is 0 Å². The van der Waals surface area contributed by atoms with Crippen molar-refractivity contribution in [3.05, 3.63) is 48.6 Å². The Bertz CT molecular complexity index is 1050. The molecular weight excluding hydrogens is 668 g/mol. The van der Waals surface area contributed by atoms with Crippen molar-refractivity contribution in [2.45, 2.75) is 179 Å². The lowest BCUT2D eigenvalue weighted by molar-refractivity contribution is -0.298.